The molecule has 23 heavy (non-hydrogen) atoms. The standard InChI is InChI=1S/C16H28O5Si2/c1-8-9-19-16(18)12-10-13(20-22(2,3)4)15(17)14(11-12)21-23(5,6)7/h10-11,17H,8-9H2,1-7H3. The van der Waals surface area contributed by atoms with Gasteiger partial charge in [0, 0.05) is 0 Å². The van der Waals surface area contributed by atoms with Gasteiger partial charge in [-0.3, -0.25) is 0 Å². The molecule has 0 amide bonds. The van der Waals surface area contributed by atoms with E-state index in [1.165, 1.54) is 12.1 Å². The SMILES string of the molecule is CCCOC(=O)c1cc(O[Si](C)(C)C)c(O)c(O[Si](C)(C)C)c1. The minimum Gasteiger partial charge on any atom is -0.542 e. The Morgan fingerprint density at radius 2 is 1.43 bits per heavy atom. The molecule has 1 N–H and O–H groups in total. The van der Waals surface area contributed by atoms with Gasteiger partial charge < -0.3 is 18.7 Å². The van der Waals surface area contributed by atoms with Gasteiger partial charge in [0.2, 0.25) is 16.6 Å². The van der Waals surface area contributed by atoms with Crippen molar-refractivity contribution in [2.45, 2.75) is 52.6 Å². The molecule has 0 unspecified atom stereocenters. The predicted molar refractivity (Wildman–Crippen MR) is 96.6 cm³/mol. The van der Waals surface area contributed by atoms with Crippen molar-refractivity contribution in [3.05, 3.63) is 17.7 Å². The van der Waals surface area contributed by atoms with Crippen molar-refractivity contribution in [2.75, 3.05) is 6.61 Å². The van der Waals surface area contributed by atoms with Gasteiger partial charge in [0.1, 0.15) is 0 Å². The molecule has 0 spiro atoms. The lowest BCUT2D eigenvalue weighted by Gasteiger charge is -2.24. The van der Waals surface area contributed by atoms with Gasteiger partial charge in [-0.15, -0.1) is 0 Å². The predicted octanol–water partition coefficient (Wildman–Crippen LogP) is 4.39. The van der Waals surface area contributed by atoms with Crippen LogP contribution in [-0.2, 0) is 4.74 Å². The smallest absolute Gasteiger partial charge is 0.338 e. The summed E-state index contributed by atoms with van der Waals surface area (Å²) in [4.78, 5) is 12.2. The minimum atomic E-state index is -1.95. The molecule has 0 radical (unpaired) electrons. The quantitative estimate of drug-likeness (QED) is 0.580. The van der Waals surface area contributed by atoms with Crippen molar-refractivity contribution < 1.29 is 23.5 Å². The highest BCUT2D eigenvalue weighted by atomic mass is 28.4. The Kier molecular flexibility index (Phi) is 6.29. The van der Waals surface area contributed by atoms with Crippen LogP contribution in [0.1, 0.15) is 23.7 Å². The van der Waals surface area contributed by atoms with Gasteiger partial charge in [-0.25, -0.2) is 4.79 Å². The Balaban J connectivity index is 3.28. The number of aromatic hydroxyl groups is 1. The van der Waals surface area contributed by atoms with Crippen molar-refractivity contribution in [1.29, 1.82) is 0 Å². The fourth-order valence-electron chi connectivity index (χ4n) is 1.79. The summed E-state index contributed by atoms with van der Waals surface area (Å²) in [6.45, 7) is 14.3. The molecule has 0 heterocycles. The summed E-state index contributed by atoms with van der Waals surface area (Å²) < 4.78 is 17.0. The zero-order valence-electron chi connectivity index (χ0n) is 15.1. The van der Waals surface area contributed by atoms with Crippen LogP contribution in [0.25, 0.3) is 0 Å². The molecule has 0 aliphatic rings. The minimum absolute atomic E-state index is 0.0538. The number of hydrogen-bond acceptors (Lipinski definition) is 5. The van der Waals surface area contributed by atoms with E-state index in [1.54, 1.807) is 0 Å². The molecule has 1 aromatic rings. The van der Waals surface area contributed by atoms with E-state index in [9.17, 15) is 9.90 Å². The summed E-state index contributed by atoms with van der Waals surface area (Å²) >= 11 is 0. The molecular formula is C16H28O5Si2. The summed E-state index contributed by atoms with van der Waals surface area (Å²) in [6, 6.07) is 3.06. The van der Waals surface area contributed by atoms with Crippen LogP contribution >= 0.6 is 0 Å². The Labute approximate surface area is 140 Å². The number of carbonyl (C=O) groups excluding carboxylic acids is 1. The molecule has 0 bridgehead atoms. The lowest BCUT2D eigenvalue weighted by molar-refractivity contribution is 0.0504. The van der Waals surface area contributed by atoms with Crippen molar-refractivity contribution in [1.82, 2.24) is 0 Å². The maximum atomic E-state index is 12.2. The summed E-state index contributed by atoms with van der Waals surface area (Å²) in [7, 11) is -3.90. The van der Waals surface area contributed by atoms with Gasteiger partial charge in [0.15, 0.2) is 17.2 Å². The second-order valence-electron chi connectivity index (χ2n) is 7.39. The lowest BCUT2D eigenvalue weighted by Crippen LogP contribution is -2.31. The Bertz CT molecular complexity index is 522. The van der Waals surface area contributed by atoms with Crippen LogP contribution in [0, 0.1) is 0 Å². The summed E-state index contributed by atoms with van der Waals surface area (Å²) in [5.74, 6) is 0.0707. The highest BCUT2D eigenvalue weighted by Crippen LogP contribution is 2.40. The van der Waals surface area contributed by atoms with E-state index in [2.05, 4.69) is 0 Å². The van der Waals surface area contributed by atoms with Gasteiger partial charge in [-0.2, -0.15) is 0 Å². The first-order chi connectivity index (χ1) is 10.4. The number of hydrogen-bond donors (Lipinski definition) is 1. The van der Waals surface area contributed by atoms with Gasteiger partial charge in [-0.05, 0) is 57.8 Å². The number of phenols is 1. The molecule has 1 aromatic carbocycles. The number of esters is 1. The third kappa shape index (κ3) is 6.66. The number of phenolic OH excluding ortho intramolecular Hbond substituents is 1. The molecule has 1 rings (SSSR count). The van der Waals surface area contributed by atoms with Crippen LogP contribution in [0.2, 0.25) is 39.3 Å². The van der Waals surface area contributed by atoms with E-state index in [4.69, 9.17) is 13.6 Å². The average Bonchev–Trinajstić information content (AvgIpc) is 2.37. The van der Waals surface area contributed by atoms with Crippen LogP contribution in [0.15, 0.2) is 12.1 Å². The molecule has 0 aromatic heterocycles. The Morgan fingerprint density at radius 3 is 1.78 bits per heavy atom. The Hall–Kier alpha value is -1.48. The van der Waals surface area contributed by atoms with E-state index >= 15 is 0 Å². The van der Waals surface area contributed by atoms with Crippen LogP contribution in [-0.4, -0.2) is 34.3 Å². The maximum absolute atomic E-state index is 12.2. The molecule has 0 fully saturated rings. The highest BCUT2D eigenvalue weighted by molar-refractivity contribution is 6.71. The first-order valence-electron chi connectivity index (χ1n) is 7.85. The van der Waals surface area contributed by atoms with E-state index in [0.717, 1.165) is 6.42 Å². The third-order valence-corrected chi connectivity index (χ3v) is 4.21. The van der Waals surface area contributed by atoms with E-state index in [0.29, 0.717) is 12.2 Å². The molecule has 0 saturated carbocycles. The first-order valence-corrected chi connectivity index (χ1v) is 14.7. The normalized spacial score (nSPS) is 12.0. The van der Waals surface area contributed by atoms with Gasteiger partial charge in [0.05, 0.1) is 12.2 Å². The van der Waals surface area contributed by atoms with Gasteiger partial charge in [0.25, 0.3) is 0 Å². The largest absolute Gasteiger partial charge is 0.542 e. The zero-order valence-corrected chi connectivity index (χ0v) is 17.1. The molecule has 0 atom stereocenters. The average molecular weight is 357 g/mol. The molecular weight excluding hydrogens is 328 g/mol. The first kappa shape index (κ1) is 19.6. The van der Waals surface area contributed by atoms with Crippen molar-refractivity contribution in [3.8, 4) is 17.2 Å². The van der Waals surface area contributed by atoms with Crippen LogP contribution in [0.5, 0.6) is 17.2 Å². The summed E-state index contributed by atoms with van der Waals surface area (Å²) in [6.07, 6.45) is 0.750. The number of rotatable bonds is 7. The van der Waals surface area contributed by atoms with Crippen molar-refractivity contribution in [2.24, 2.45) is 0 Å². The molecule has 130 valence electrons. The van der Waals surface area contributed by atoms with Crippen LogP contribution in [0.4, 0.5) is 0 Å². The molecule has 7 heteroatoms. The molecule has 0 aliphatic carbocycles. The summed E-state index contributed by atoms with van der Waals surface area (Å²) in [5, 5.41) is 10.4. The van der Waals surface area contributed by atoms with Crippen molar-refractivity contribution >= 4 is 22.6 Å². The third-order valence-electron chi connectivity index (χ3n) is 2.55. The van der Waals surface area contributed by atoms with E-state index < -0.39 is 22.6 Å². The van der Waals surface area contributed by atoms with E-state index in [-0.39, 0.29) is 17.2 Å². The van der Waals surface area contributed by atoms with Crippen LogP contribution < -0.4 is 8.85 Å². The zero-order chi connectivity index (χ0) is 17.8. The lowest BCUT2D eigenvalue weighted by atomic mass is 10.2. The fourth-order valence-corrected chi connectivity index (χ4v) is 3.42. The van der Waals surface area contributed by atoms with E-state index in [1.807, 2.05) is 46.2 Å². The molecule has 5 nitrogen and oxygen atoms in total. The topological polar surface area (TPSA) is 65.0 Å². The second-order valence-corrected chi connectivity index (χ2v) is 16.2. The van der Waals surface area contributed by atoms with Gasteiger partial charge in [-0.1, -0.05) is 6.92 Å². The van der Waals surface area contributed by atoms with Gasteiger partial charge >= 0.3 is 5.97 Å². The van der Waals surface area contributed by atoms with Crippen molar-refractivity contribution in [3.63, 3.8) is 0 Å². The highest BCUT2D eigenvalue weighted by Gasteiger charge is 2.25. The fraction of sp³-hybridized carbons (Fsp3) is 0.562. The monoisotopic (exact) mass is 356 g/mol. The Morgan fingerprint density at radius 1 is 1.00 bits per heavy atom. The van der Waals surface area contributed by atoms with Crippen LogP contribution in [0.3, 0.4) is 0 Å². The molecule has 0 aliphatic heterocycles. The second kappa shape index (κ2) is 7.40. The number of ether oxygens (including phenoxy) is 1. The number of carbonyl (C=O) groups is 1. The maximum Gasteiger partial charge on any atom is 0.338 e. The molecule has 0 saturated heterocycles. The summed E-state index contributed by atoms with van der Waals surface area (Å²) in [5.41, 5.74) is 0.331. The number of benzene rings is 1.